The normalized spacial score (nSPS) is 10.3. The van der Waals surface area contributed by atoms with E-state index in [2.05, 4.69) is 10.9 Å². The zero-order valence-electron chi connectivity index (χ0n) is 13.1. The van der Waals surface area contributed by atoms with Crippen LogP contribution in [0.15, 0.2) is 27.6 Å². The van der Waals surface area contributed by atoms with Gasteiger partial charge in [-0.05, 0) is 19.9 Å². The summed E-state index contributed by atoms with van der Waals surface area (Å²) in [5, 5.41) is 20.1. The first kappa shape index (κ1) is 16.8. The van der Waals surface area contributed by atoms with Crippen LogP contribution in [0.3, 0.4) is 0 Å². The van der Waals surface area contributed by atoms with Gasteiger partial charge in [0.25, 0.3) is 5.69 Å². The number of nitrogens with zero attached hydrogens (tertiary/aromatic N) is 3. The minimum atomic E-state index is -0.524. The van der Waals surface area contributed by atoms with E-state index in [4.69, 9.17) is 15.6 Å². The summed E-state index contributed by atoms with van der Waals surface area (Å²) in [6, 6.07) is 6.09. The molecular weight excluding hydrogens is 310 g/mol. The van der Waals surface area contributed by atoms with E-state index in [9.17, 15) is 15.4 Å². The SMILES string of the molecule is C#CCOc1ccc([N+](=O)[O-])cc1/C=N/c1oc(C)c(C)c1C#N. The summed E-state index contributed by atoms with van der Waals surface area (Å²) in [6.45, 7) is 3.50. The van der Waals surface area contributed by atoms with Crippen molar-refractivity contribution in [2.75, 3.05) is 6.61 Å². The Morgan fingerprint density at radius 1 is 1.50 bits per heavy atom. The molecule has 7 heteroatoms. The Labute approximate surface area is 138 Å². The lowest BCUT2D eigenvalue weighted by atomic mass is 10.2. The largest absolute Gasteiger partial charge is 0.480 e. The zero-order valence-corrected chi connectivity index (χ0v) is 13.1. The van der Waals surface area contributed by atoms with E-state index in [1.807, 2.05) is 6.07 Å². The van der Waals surface area contributed by atoms with Crippen LogP contribution in [0.4, 0.5) is 11.6 Å². The van der Waals surface area contributed by atoms with Crippen LogP contribution in [-0.2, 0) is 0 Å². The smallest absolute Gasteiger partial charge is 0.270 e. The van der Waals surface area contributed by atoms with Gasteiger partial charge in [-0.3, -0.25) is 10.1 Å². The van der Waals surface area contributed by atoms with Gasteiger partial charge in [-0.1, -0.05) is 5.92 Å². The van der Waals surface area contributed by atoms with Crippen molar-refractivity contribution in [3.05, 3.63) is 50.8 Å². The van der Waals surface area contributed by atoms with Crippen molar-refractivity contribution >= 4 is 17.8 Å². The molecule has 0 saturated carbocycles. The number of aliphatic imine (C=N–C) groups is 1. The Morgan fingerprint density at radius 3 is 2.88 bits per heavy atom. The lowest BCUT2D eigenvalue weighted by molar-refractivity contribution is -0.384. The molecule has 1 heterocycles. The number of non-ortho nitro benzene ring substituents is 1. The molecule has 1 aromatic heterocycles. The summed E-state index contributed by atoms with van der Waals surface area (Å²) in [6.07, 6.45) is 6.50. The van der Waals surface area contributed by atoms with Gasteiger partial charge in [0.05, 0.1) is 4.92 Å². The zero-order chi connectivity index (χ0) is 17.7. The van der Waals surface area contributed by atoms with Crippen LogP contribution in [0, 0.1) is 47.6 Å². The van der Waals surface area contributed by atoms with E-state index < -0.39 is 4.92 Å². The highest BCUT2D eigenvalue weighted by Crippen LogP contribution is 2.29. The van der Waals surface area contributed by atoms with Gasteiger partial charge in [-0.15, -0.1) is 6.42 Å². The Kier molecular flexibility index (Phi) is 4.98. The van der Waals surface area contributed by atoms with Crippen molar-refractivity contribution in [3.8, 4) is 24.2 Å². The summed E-state index contributed by atoms with van der Waals surface area (Å²) in [5.74, 6) is 3.39. The van der Waals surface area contributed by atoms with Crippen molar-refractivity contribution < 1.29 is 14.1 Å². The molecule has 0 bridgehead atoms. The molecule has 0 amide bonds. The predicted molar refractivity (Wildman–Crippen MR) is 87.6 cm³/mol. The van der Waals surface area contributed by atoms with Gasteiger partial charge >= 0.3 is 0 Å². The van der Waals surface area contributed by atoms with E-state index in [1.165, 1.54) is 24.4 Å². The fourth-order valence-corrected chi connectivity index (χ4v) is 1.96. The lowest BCUT2D eigenvalue weighted by Crippen LogP contribution is -1.99. The average molecular weight is 323 g/mol. The van der Waals surface area contributed by atoms with E-state index in [1.54, 1.807) is 13.8 Å². The topological polar surface area (TPSA) is 102 Å². The molecule has 0 N–H and O–H groups in total. The van der Waals surface area contributed by atoms with Crippen LogP contribution in [0.2, 0.25) is 0 Å². The van der Waals surface area contributed by atoms with E-state index in [0.29, 0.717) is 28.2 Å². The molecule has 0 aliphatic heterocycles. The van der Waals surface area contributed by atoms with Gasteiger partial charge in [0.15, 0.2) is 0 Å². The van der Waals surface area contributed by atoms with Gasteiger partial charge in [-0.25, -0.2) is 4.99 Å². The first-order valence-electron chi connectivity index (χ1n) is 6.86. The van der Waals surface area contributed by atoms with Crippen LogP contribution in [-0.4, -0.2) is 17.7 Å². The number of nitriles is 1. The van der Waals surface area contributed by atoms with Gasteiger partial charge in [-0.2, -0.15) is 5.26 Å². The third kappa shape index (κ3) is 3.42. The Hall–Kier alpha value is -3.58. The minimum Gasteiger partial charge on any atom is -0.480 e. The maximum atomic E-state index is 10.9. The predicted octanol–water partition coefficient (Wildman–Crippen LogP) is 3.44. The molecule has 2 rings (SSSR count). The standard InChI is InChI=1S/C17H13N3O4/c1-4-7-23-16-6-5-14(20(21)22)8-13(16)10-19-17-15(9-18)11(2)12(3)24-17/h1,5-6,8,10H,7H2,2-3H3/b19-10+. The second-order valence-electron chi connectivity index (χ2n) is 4.81. The van der Waals surface area contributed by atoms with Gasteiger partial charge in [0.1, 0.15) is 29.7 Å². The third-order valence-electron chi connectivity index (χ3n) is 3.31. The number of nitro groups is 1. The molecule has 2 aromatic rings. The quantitative estimate of drug-likeness (QED) is 0.363. The number of benzene rings is 1. The van der Waals surface area contributed by atoms with Crippen LogP contribution in [0.25, 0.3) is 0 Å². The maximum absolute atomic E-state index is 10.9. The highest BCUT2D eigenvalue weighted by Gasteiger charge is 2.14. The first-order valence-corrected chi connectivity index (χ1v) is 6.86. The van der Waals surface area contributed by atoms with Crippen LogP contribution in [0.1, 0.15) is 22.5 Å². The summed E-state index contributed by atoms with van der Waals surface area (Å²) >= 11 is 0. The number of nitro benzene ring substituents is 1. The number of aryl methyl sites for hydroxylation is 1. The third-order valence-corrected chi connectivity index (χ3v) is 3.31. The van der Waals surface area contributed by atoms with E-state index in [0.717, 1.165) is 0 Å². The molecule has 0 atom stereocenters. The highest BCUT2D eigenvalue weighted by atomic mass is 16.6. The fraction of sp³-hybridized carbons (Fsp3) is 0.176. The molecule has 7 nitrogen and oxygen atoms in total. The van der Waals surface area contributed by atoms with Crippen LogP contribution >= 0.6 is 0 Å². The average Bonchev–Trinajstić information content (AvgIpc) is 2.85. The first-order chi connectivity index (χ1) is 11.5. The summed E-state index contributed by atoms with van der Waals surface area (Å²) in [5.41, 5.74) is 1.26. The number of rotatable bonds is 5. The molecule has 0 unspecified atom stereocenters. The molecule has 0 saturated heterocycles. The number of hydrogen-bond acceptors (Lipinski definition) is 6. The van der Waals surface area contributed by atoms with Crippen molar-refractivity contribution in [1.82, 2.24) is 0 Å². The summed E-state index contributed by atoms with van der Waals surface area (Å²) in [7, 11) is 0. The second-order valence-corrected chi connectivity index (χ2v) is 4.81. The molecule has 1 aromatic carbocycles. The molecule has 0 aliphatic rings. The van der Waals surface area contributed by atoms with Crippen molar-refractivity contribution in [1.29, 1.82) is 5.26 Å². The number of ether oxygens (including phenoxy) is 1. The lowest BCUT2D eigenvalue weighted by Gasteiger charge is -2.05. The maximum Gasteiger partial charge on any atom is 0.270 e. The van der Waals surface area contributed by atoms with E-state index in [-0.39, 0.29) is 18.2 Å². The van der Waals surface area contributed by atoms with Crippen LogP contribution in [0.5, 0.6) is 5.75 Å². The number of furan rings is 1. The van der Waals surface area contributed by atoms with Gasteiger partial charge in [0, 0.05) is 29.5 Å². The Balaban J connectivity index is 2.45. The molecular formula is C17H13N3O4. The molecule has 0 spiro atoms. The number of hydrogen-bond donors (Lipinski definition) is 0. The van der Waals surface area contributed by atoms with Gasteiger partial charge in [0.2, 0.25) is 5.88 Å². The molecule has 120 valence electrons. The van der Waals surface area contributed by atoms with Gasteiger partial charge < -0.3 is 9.15 Å². The minimum absolute atomic E-state index is 0.0149. The molecule has 0 radical (unpaired) electrons. The Morgan fingerprint density at radius 2 is 2.25 bits per heavy atom. The number of terminal acetylenes is 1. The summed E-state index contributed by atoms with van der Waals surface area (Å²) in [4.78, 5) is 14.5. The van der Waals surface area contributed by atoms with Crippen LogP contribution < -0.4 is 4.74 Å². The van der Waals surface area contributed by atoms with Crippen molar-refractivity contribution in [3.63, 3.8) is 0 Å². The fourth-order valence-electron chi connectivity index (χ4n) is 1.96. The summed E-state index contributed by atoms with van der Waals surface area (Å²) < 4.78 is 10.8. The van der Waals surface area contributed by atoms with Crippen molar-refractivity contribution in [2.45, 2.75) is 13.8 Å². The monoisotopic (exact) mass is 323 g/mol. The highest BCUT2D eigenvalue weighted by molar-refractivity contribution is 5.86. The second kappa shape index (κ2) is 7.12. The Bertz CT molecular complexity index is 898. The molecule has 24 heavy (non-hydrogen) atoms. The van der Waals surface area contributed by atoms with E-state index >= 15 is 0 Å². The molecule has 0 fully saturated rings. The van der Waals surface area contributed by atoms with Crippen molar-refractivity contribution in [2.24, 2.45) is 4.99 Å². The molecule has 0 aliphatic carbocycles.